The van der Waals surface area contributed by atoms with Crippen LogP contribution in [0.4, 0.5) is 0 Å². The van der Waals surface area contributed by atoms with Crippen LogP contribution in [0, 0.1) is 5.92 Å². The maximum Gasteiger partial charge on any atom is 0.236 e. The molecular formula is C15H27N3O3. The third-order valence-electron chi connectivity index (χ3n) is 4.68. The first kappa shape index (κ1) is 16.2. The lowest BCUT2D eigenvalue weighted by Gasteiger charge is -2.34. The Kier molecular flexibility index (Phi) is 5.22. The van der Waals surface area contributed by atoms with Crippen molar-refractivity contribution in [1.82, 2.24) is 9.80 Å². The second-order valence-electron chi connectivity index (χ2n) is 6.69. The van der Waals surface area contributed by atoms with Gasteiger partial charge in [-0.25, -0.2) is 0 Å². The van der Waals surface area contributed by atoms with Gasteiger partial charge in [0, 0.05) is 19.6 Å². The fourth-order valence-corrected chi connectivity index (χ4v) is 3.52. The van der Waals surface area contributed by atoms with Crippen molar-refractivity contribution in [2.45, 2.75) is 44.1 Å². The molecule has 0 bridgehead atoms. The molecule has 2 rings (SSSR count). The van der Waals surface area contributed by atoms with Gasteiger partial charge in [-0.05, 0) is 32.7 Å². The van der Waals surface area contributed by atoms with Gasteiger partial charge in [-0.1, -0.05) is 12.8 Å². The molecule has 2 fully saturated rings. The standard InChI is InChI=1S/C15H27N3O3/c1-17(11-15(21)6-2-3-7-15)10-13(19)18-8-4-5-12(9-18)14(16)20/h12,21H,2-11H2,1H3,(H2,16,20). The van der Waals surface area contributed by atoms with Crippen molar-refractivity contribution in [2.24, 2.45) is 11.7 Å². The molecule has 1 heterocycles. The number of likely N-dealkylation sites (N-methyl/N-ethyl adjacent to an activating group) is 1. The van der Waals surface area contributed by atoms with E-state index in [9.17, 15) is 14.7 Å². The second-order valence-corrected chi connectivity index (χ2v) is 6.69. The van der Waals surface area contributed by atoms with Crippen molar-refractivity contribution in [3.63, 3.8) is 0 Å². The molecule has 0 radical (unpaired) electrons. The van der Waals surface area contributed by atoms with E-state index in [1.54, 1.807) is 4.90 Å². The van der Waals surface area contributed by atoms with Crippen molar-refractivity contribution >= 4 is 11.8 Å². The number of carbonyl (C=O) groups is 2. The molecule has 2 aliphatic rings. The highest BCUT2D eigenvalue weighted by molar-refractivity contribution is 5.81. The zero-order valence-electron chi connectivity index (χ0n) is 12.9. The molecule has 1 saturated heterocycles. The molecule has 2 amide bonds. The van der Waals surface area contributed by atoms with E-state index in [1.165, 1.54) is 0 Å². The zero-order chi connectivity index (χ0) is 15.5. The van der Waals surface area contributed by atoms with Crippen molar-refractivity contribution in [3.05, 3.63) is 0 Å². The van der Waals surface area contributed by atoms with Crippen LogP contribution in [0.1, 0.15) is 38.5 Å². The van der Waals surface area contributed by atoms with E-state index < -0.39 is 5.60 Å². The summed E-state index contributed by atoms with van der Waals surface area (Å²) in [5, 5.41) is 10.4. The van der Waals surface area contributed by atoms with Crippen LogP contribution in [0.3, 0.4) is 0 Å². The summed E-state index contributed by atoms with van der Waals surface area (Å²) >= 11 is 0. The summed E-state index contributed by atoms with van der Waals surface area (Å²) in [5.74, 6) is -0.516. The number of hydrogen-bond acceptors (Lipinski definition) is 4. The second kappa shape index (κ2) is 6.75. The minimum atomic E-state index is -0.632. The Morgan fingerprint density at radius 1 is 1.33 bits per heavy atom. The SMILES string of the molecule is CN(CC(=O)N1CCCC(C(N)=O)C1)CC1(O)CCCC1. The molecule has 1 aliphatic heterocycles. The van der Waals surface area contributed by atoms with Crippen LogP contribution in [0.2, 0.25) is 0 Å². The topological polar surface area (TPSA) is 86.9 Å². The summed E-state index contributed by atoms with van der Waals surface area (Å²) in [7, 11) is 1.86. The van der Waals surface area contributed by atoms with E-state index in [0.29, 0.717) is 19.6 Å². The summed E-state index contributed by atoms with van der Waals surface area (Å²) in [6.45, 7) is 1.95. The molecule has 0 aromatic rings. The van der Waals surface area contributed by atoms with Gasteiger partial charge in [0.2, 0.25) is 11.8 Å². The number of carbonyl (C=O) groups excluding carboxylic acids is 2. The first-order valence-electron chi connectivity index (χ1n) is 7.88. The van der Waals surface area contributed by atoms with E-state index >= 15 is 0 Å². The molecule has 120 valence electrons. The third-order valence-corrected chi connectivity index (χ3v) is 4.68. The van der Waals surface area contributed by atoms with Crippen LogP contribution in [-0.2, 0) is 9.59 Å². The number of hydrogen-bond donors (Lipinski definition) is 2. The number of rotatable bonds is 5. The van der Waals surface area contributed by atoms with E-state index in [1.807, 2.05) is 11.9 Å². The van der Waals surface area contributed by atoms with Crippen molar-refractivity contribution < 1.29 is 14.7 Å². The van der Waals surface area contributed by atoms with Gasteiger partial charge in [0.25, 0.3) is 0 Å². The molecule has 6 nitrogen and oxygen atoms in total. The maximum absolute atomic E-state index is 12.3. The van der Waals surface area contributed by atoms with E-state index in [2.05, 4.69) is 0 Å². The average Bonchev–Trinajstić information content (AvgIpc) is 2.84. The first-order valence-corrected chi connectivity index (χ1v) is 7.88. The minimum Gasteiger partial charge on any atom is -0.389 e. The molecule has 21 heavy (non-hydrogen) atoms. The first-order chi connectivity index (χ1) is 9.89. The Bertz CT molecular complexity index is 394. The number of aliphatic hydroxyl groups is 1. The zero-order valence-corrected chi connectivity index (χ0v) is 12.9. The van der Waals surface area contributed by atoms with E-state index in [-0.39, 0.29) is 24.3 Å². The van der Waals surface area contributed by atoms with Gasteiger partial charge >= 0.3 is 0 Å². The molecule has 1 saturated carbocycles. The molecule has 1 atom stereocenters. The number of amides is 2. The van der Waals surface area contributed by atoms with Crippen molar-refractivity contribution in [1.29, 1.82) is 0 Å². The lowest BCUT2D eigenvalue weighted by Crippen LogP contribution is -2.49. The lowest BCUT2D eigenvalue weighted by molar-refractivity contribution is -0.136. The molecule has 1 unspecified atom stereocenters. The maximum atomic E-state index is 12.3. The Hall–Kier alpha value is -1.14. The van der Waals surface area contributed by atoms with Crippen molar-refractivity contribution in [3.8, 4) is 0 Å². The smallest absolute Gasteiger partial charge is 0.236 e. The van der Waals surface area contributed by atoms with Gasteiger partial charge < -0.3 is 15.7 Å². The molecule has 0 aromatic heterocycles. The van der Waals surface area contributed by atoms with Crippen LogP contribution in [0.5, 0.6) is 0 Å². The minimum absolute atomic E-state index is 0.0186. The Labute approximate surface area is 126 Å². The van der Waals surface area contributed by atoms with Gasteiger partial charge in [-0.15, -0.1) is 0 Å². The fourth-order valence-electron chi connectivity index (χ4n) is 3.52. The lowest BCUT2D eigenvalue weighted by atomic mass is 9.97. The Morgan fingerprint density at radius 2 is 2.00 bits per heavy atom. The van der Waals surface area contributed by atoms with Gasteiger partial charge in [-0.2, -0.15) is 0 Å². The molecule has 3 N–H and O–H groups in total. The van der Waals surface area contributed by atoms with E-state index in [4.69, 9.17) is 5.73 Å². The monoisotopic (exact) mass is 297 g/mol. The normalized spacial score (nSPS) is 25.3. The number of primary amides is 1. The van der Waals surface area contributed by atoms with Crippen LogP contribution in [-0.4, -0.2) is 65.5 Å². The number of piperidine rings is 1. The highest BCUT2D eigenvalue weighted by atomic mass is 16.3. The van der Waals surface area contributed by atoms with E-state index in [0.717, 1.165) is 38.5 Å². The van der Waals surface area contributed by atoms with Crippen LogP contribution in [0.25, 0.3) is 0 Å². The van der Waals surface area contributed by atoms with Gasteiger partial charge in [0.1, 0.15) is 0 Å². The number of likely N-dealkylation sites (tertiary alicyclic amines) is 1. The van der Waals surface area contributed by atoms with Crippen LogP contribution >= 0.6 is 0 Å². The number of nitrogens with two attached hydrogens (primary N) is 1. The predicted molar refractivity (Wildman–Crippen MR) is 79.4 cm³/mol. The summed E-state index contributed by atoms with van der Waals surface area (Å²) in [6, 6.07) is 0. The fraction of sp³-hybridized carbons (Fsp3) is 0.867. The summed E-state index contributed by atoms with van der Waals surface area (Å²) < 4.78 is 0. The third kappa shape index (κ3) is 4.41. The number of nitrogens with zero attached hydrogens (tertiary/aromatic N) is 2. The van der Waals surface area contributed by atoms with Crippen LogP contribution in [0.15, 0.2) is 0 Å². The van der Waals surface area contributed by atoms with Crippen LogP contribution < -0.4 is 5.73 Å². The Morgan fingerprint density at radius 3 is 2.62 bits per heavy atom. The van der Waals surface area contributed by atoms with Gasteiger partial charge in [-0.3, -0.25) is 14.5 Å². The van der Waals surface area contributed by atoms with Crippen molar-refractivity contribution in [2.75, 3.05) is 33.2 Å². The molecule has 6 heteroatoms. The molecule has 1 aliphatic carbocycles. The largest absolute Gasteiger partial charge is 0.389 e. The highest BCUT2D eigenvalue weighted by Gasteiger charge is 2.33. The summed E-state index contributed by atoms with van der Waals surface area (Å²) in [5.41, 5.74) is 4.70. The molecular weight excluding hydrogens is 270 g/mol. The summed E-state index contributed by atoms with van der Waals surface area (Å²) in [6.07, 6.45) is 5.36. The predicted octanol–water partition coefficient (Wildman–Crippen LogP) is -0.0528. The van der Waals surface area contributed by atoms with Gasteiger partial charge in [0.15, 0.2) is 0 Å². The molecule has 0 aromatic carbocycles. The van der Waals surface area contributed by atoms with Gasteiger partial charge in [0.05, 0.1) is 18.1 Å². The molecule has 0 spiro atoms. The highest BCUT2D eigenvalue weighted by Crippen LogP contribution is 2.29. The quantitative estimate of drug-likeness (QED) is 0.745. The average molecular weight is 297 g/mol. The Balaban J connectivity index is 1.81. The summed E-state index contributed by atoms with van der Waals surface area (Å²) in [4.78, 5) is 27.2.